The summed E-state index contributed by atoms with van der Waals surface area (Å²) in [6.45, 7) is 0. The molecule has 0 radical (unpaired) electrons. The molecule has 1 N–H and O–H groups in total. The van der Waals surface area contributed by atoms with E-state index < -0.39 is 6.10 Å². The zero-order chi connectivity index (χ0) is 9.40. The fourth-order valence-corrected chi connectivity index (χ4v) is 0.941. The molecule has 0 fully saturated rings. The average molecular weight is 235 g/mol. The molecular formula is C8H11BrO3. The monoisotopic (exact) mass is 234 g/mol. The van der Waals surface area contributed by atoms with E-state index in [0.29, 0.717) is 19.3 Å². The molecule has 0 saturated carbocycles. The molecule has 1 unspecified atom stereocenters. The molecule has 68 valence electrons. The molecule has 0 heterocycles. The minimum atomic E-state index is -0.658. The molecule has 0 aliphatic carbocycles. The maximum Gasteiger partial charge on any atom is 0.305 e. The van der Waals surface area contributed by atoms with Gasteiger partial charge in [0, 0.05) is 22.4 Å². The van der Waals surface area contributed by atoms with E-state index in [9.17, 15) is 4.79 Å². The first-order valence-corrected chi connectivity index (χ1v) is 4.36. The Kier molecular flexibility index (Phi) is 6.82. The Labute approximate surface area is 80.2 Å². The van der Waals surface area contributed by atoms with Crippen LogP contribution >= 0.6 is 15.9 Å². The van der Waals surface area contributed by atoms with E-state index >= 15 is 0 Å². The summed E-state index contributed by atoms with van der Waals surface area (Å²) in [5, 5.41) is 9.08. The summed E-state index contributed by atoms with van der Waals surface area (Å²) in [6.07, 6.45) is 0.759. The van der Waals surface area contributed by atoms with E-state index in [-0.39, 0.29) is 5.97 Å². The van der Waals surface area contributed by atoms with E-state index in [2.05, 4.69) is 31.4 Å². The largest absolute Gasteiger partial charge is 0.469 e. The third kappa shape index (κ3) is 6.20. The van der Waals surface area contributed by atoms with E-state index in [1.54, 1.807) is 0 Å². The number of carbonyl (C=O) groups is 1. The first-order valence-electron chi connectivity index (χ1n) is 3.56. The molecule has 0 aromatic heterocycles. The summed E-state index contributed by atoms with van der Waals surface area (Å²) >= 11 is 2.87. The summed E-state index contributed by atoms with van der Waals surface area (Å²) in [5.41, 5.74) is 0. The van der Waals surface area contributed by atoms with Gasteiger partial charge >= 0.3 is 5.97 Å². The van der Waals surface area contributed by atoms with Crippen LogP contribution in [0, 0.1) is 10.8 Å². The Bertz CT molecular complexity index is 192. The molecular weight excluding hydrogens is 224 g/mol. The Morgan fingerprint density at radius 2 is 2.42 bits per heavy atom. The Hall–Kier alpha value is -0.530. The number of rotatable bonds is 4. The van der Waals surface area contributed by atoms with E-state index in [4.69, 9.17) is 5.11 Å². The van der Waals surface area contributed by atoms with Gasteiger partial charge in [0.25, 0.3) is 0 Å². The minimum absolute atomic E-state index is 0.256. The van der Waals surface area contributed by atoms with Gasteiger partial charge < -0.3 is 9.84 Å². The Balaban J connectivity index is 3.41. The van der Waals surface area contributed by atoms with Crippen LogP contribution in [0.25, 0.3) is 0 Å². The van der Waals surface area contributed by atoms with Crippen LogP contribution in [0.5, 0.6) is 0 Å². The van der Waals surface area contributed by atoms with Gasteiger partial charge in [-0.15, -0.1) is 0 Å². The van der Waals surface area contributed by atoms with Gasteiger partial charge in [0.1, 0.15) is 6.10 Å². The molecule has 12 heavy (non-hydrogen) atoms. The number of hydrogen-bond acceptors (Lipinski definition) is 3. The summed E-state index contributed by atoms with van der Waals surface area (Å²) in [6, 6.07) is 0. The molecule has 4 heteroatoms. The molecule has 0 aliphatic heterocycles. The van der Waals surface area contributed by atoms with Gasteiger partial charge in [-0.2, -0.15) is 0 Å². The van der Waals surface area contributed by atoms with Gasteiger partial charge in [-0.3, -0.25) is 4.79 Å². The molecule has 3 nitrogen and oxygen atoms in total. The lowest BCUT2D eigenvalue weighted by Gasteiger charge is -2.01. The van der Waals surface area contributed by atoms with Crippen molar-refractivity contribution in [2.75, 3.05) is 7.11 Å². The molecule has 0 rings (SSSR count). The van der Waals surface area contributed by atoms with Crippen LogP contribution in [0.3, 0.4) is 0 Å². The minimum Gasteiger partial charge on any atom is -0.469 e. The number of aliphatic hydroxyl groups excluding tert-OH is 1. The van der Waals surface area contributed by atoms with Crippen LogP contribution in [-0.2, 0) is 9.53 Å². The smallest absolute Gasteiger partial charge is 0.305 e. The predicted octanol–water partition coefficient (Wildman–Crippen LogP) is 1.05. The van der Waals surface area contributed by atoms with Crippen molar-refractivity contribution in [2.45, 2.75) is 25.4 Å². The Morgan fingerprint density at radius 3 is 2.92 bits per heavy atom. The predicted molar refractivity (Wildman–Crippen MR) is 48.6 cm³/mol. The molecule has 0 bridgehead atoms. The van der Waals surface area contributed by atoms with Gasteiger partial charge in [-0.05, 0) is 17.7 Å². The number of halogens is 1. The number of hydrogen-bond donors (Lipinski definition) is 1. The maximum absolute atomic E-state index is 10.6. The second kappa shape index (κ2) is 7.14. The van der Waals surface area contributed by atoms with E-state index in [1.807, 2.05) is 0 Å². The van der Waals surface area contributed by atoms with E-state index in [0.717, 1.165) is 0 Å². The van der Waals surface area contributed by atoms with Gasteiger partial charge in [-0.25, -0.2) is 0 Å². The van der Waals surface area contributed by atoms with Crippen molar-refractivity contribution < 1.29 is 14.6 Å². The van der Waals surface area contributed by atoms with Crippen molar-refractivity contribution in [2.24, 2.45) is 0 Å². The Morgan fingerprint density at radius 1 is 1.75 bits per heavy atom. The molecule has 1 atom stereocenters. The van der Waals surface area contributed by atoms with Crippen LogP contribution in [0.15, 0.2) is 0 Å². The summed E-state index contributed by atoms with van der Waals surface area (Å²) in [7, 11) is 1.34. The fourth-order valence-electron chi connectivity index (χ4n) is 0.677. The van der Waals surface area contributed by atoms with Gasteiger partial charge in [-0.1, -0.05) is 5.92 Å². The highest BCUT2D eigenvalue weighted by Gasteiger charge is 2.03. The van der Waals surface area contributed by atoms with Crippen molar-refractivity contribution in [3.63, 3.8) is 0 Å². The highest BCUT2D eigenvalue weighted by molar-refractivity contribution is 9.12. The number of ether oxygens (including phenoxy) is 1. The maximum atomic E-state index is 10.6. The lowest BCUT2D eigenvalue weighted by Crippen LogP contribution is -2.05. The van der Waals surface area contributed by atoms with Crippen molar-refractivity contribution in [1.82, 2.24) is 0 Å². The molecule has 0 amide bonds. The average Bonchev–Trinajstić information content (AvgIpc) is 2.04. The second-order valence-electron chi connectivity index (χ2n) is 2.22. The van der Waals surface area contributed by atoms with Crippen LogP contribution in [0.1, 0.15) is 19.3 Å². The van der Waals surface area contributed by atoms with Crippen LogP contribution < -0.4 is 0 Å². The van der Waals surface area contributed by atoms with Crippen molar-refractivity contribution in [3.05, 3.63) is 0 Å². The topological polar surface area (TPSA) is 46.5 Å². The molecule has 0 aliphatic rings. The summed E-state index contributed by atoms with van der Waals surface area (Å²) < 4.78 is 4.43. The van der Waals surface area contributed by atoms with Crippen molar-refractivity contribution >= 4 is 21.9 Å². The lowest BCUT2D eigenvalue weighted by atomic mass is 10.1. The standard InChI is InChI=1S/C8H11BrO3/c1-12-8(11)4-2-3-7(10)5-6-9/h7,10H,2-4H2,1H3. The lowest BCUT2D eigenvalue weighted by molar-refractivity contribution is -0.140. The summed E-state index contributed by atoms with van der Waals surface area (Å²) in [5.74, 6) is 2.25. The second-order valence-corrected chi connectivity index (χ2v) is 2.62. The number of esters is 1. The number of methoxy groups -OCH3 is 1. The van der Waals surface area contributed by atoms with E-state index in [1.165, 1.54) is 7.11 Å². The van der Waals surface area contributed by atoms with Crippen molar-refractivity contribution in [1.29, 1.82) is 0 Å². The summed E-state index contributed by atoms with van der Waals surface area (Å²) in [4.78, 5) is 13.0. The first kappa shape index (κ1) is 11.5. The van der Waals surface area contributed by atoms with Crippen LogP contribution in [0.4, 0.5) is 0 Å². The molecule has 0 aromatic rings. The van der Waals surface area contributed by atoms with Crippen LogP contribution in [0.2, 0.25) is 0 Å². The normalized spacial score (nSPS) is 11.2. The molecule has 0 saturated heterocycles. The highest BCUT2D eigenvalue weighted by Crippen LogP contribution is 2.01. The number of carbonyl (C=O) groups excluding carboxylic acids is 1. The fraction of sp³-hybridized carbons (Fsp3) is 0.625. The third-order valence-electron chi connectivity index (χ3n) is 1.31. The van der Waals surface area contributed by atoms with Gasteiger partial charge in [0.05, 0.1) is 7.11 Å². The number of aliphatic hydroxyl groups is 1. The van der Waals surface area contributed by atoms with Crippen molar-refractivity contribution in [3.8, 4) is 10.8 Å². The van der Waals surface area contributed by atoms with Gasteiger partial charge in [0.2, 0.25) is 0 Å². The SMILES string of the molecule is COC(=O)CCCC(O)C#CBr. The quantitative estimate of drug-likeness (QED) is 0.585. The third-order valence-corrected chi connectivity index (χ3v) is 1.54. The van der Waals surface area contributed by atoms with Crippen LogP contribution in [-0.4, -0.2) is 24.3 Å². The first-order chi connectivity index (χ1) is 5.70. The zero-order valence-corrected chi connectivity index (χ0v) is 8.43. The zero-order valence-electron chi connectivity index (χ0n) is 6.84. The molecule has 0 spiro atoms. The highest BCUT2D eigenvalue weighted by atomic mass is 79.9. The van der Waals surface area contributed by atoms with Gasteiger partial charge in [0.15, 0.2) is 0 Å². The molecule has 0 aromatic carbocycles.